The van der Waals surface area contributed by atoms with Gasteiger partial charge < -0.3 is 10.3 Å². The maximum Gasteiger partial charge on any atom is 0.261 e. The first-order valence-corrected chi connectivity index (χ1v) is 6.47. The molecule has 4 nitrogen and oxygen atoms in total. The lowest BCUT2D eigenvalue weighted by Gasteiger charge is -2.22. The van der Waals surface area contributed by atoms with Crippen molar-refractivity contribution >= 4 is 11.6 Å². The van der Waals surface area contributed by atoms with Crippen LogP contribution in [0.2, 0.25) is 0 Å². The number of para-hydroxylation sites is 1. The molecule has 2 aromatic rings. The SMILES string of the molecule is CC(C)(C)c1ccccc1NC(=O)c1c[nH]ccc1=O. The number of aromatic nitrogens is 1. The van der Waals surface area contributed by atoms with Crippen molar-refractivity contribution in [2.24, 2.45) is 0 Å². The Bertz CT molecular complexity index is 681. The highest BCUT2D eigenvalue weighted by molar-refractivity contribution is 6.04. The Morgan fingerprint density at radius 3 is 2.50 bits per heavy atom. The molecule has 1 amide bonds. The van der Waals surface area contributed by atoms with E-state index in [1.807, 2.05) is 24.3 Å². The first-order valence-electron chi connectivity index (χ1n) is 6.47. The van der Waals surface area contributed by atoms with Gasteiger partial charge in [0.15, 0.2) is 5.43 Å². The van der Waals surface area contributed by atoms with Crippen molar-refractivity contribution in [1.29, 1.82) is 0 Å². The molecule has 2 rings (SSSR count). The van der Waals surface area contributed by atoms with Crippen molar-refractivity contribution in [2.75, 3.05) is 5.32 Å². The van der Waals surface area contributed by atoms with Crippen LogP contribution in [0.3, 0.4) is 0 Å². The molecule has 4 heteroatoms. The number of nitrogens with one attached hydrogen (secondary N) is 2. The zero-order chi connectivity index (χ0) is 14.8. The fourth-order valence-electron chi connectivity index (χ4n) is 2.03. The summed E-state index contributed by atoms with van der Waals surface area (Å²) in [4.78, 5) is 26.6. The van der Waals surface area contributed by atoms with Gasteiger partial charge in [-0.1, -0.05) is 39.0 Å². The number of carbonyl (C=O) groups is 1. The average molecular weight is 270 g/mol. The molecule has 0 spiro atoms. The van der Waals surface area contributed by atoms with Crippen molar-refractivity contribution in [3.05, 3.63) is 64.1 Å². The Labute approximate surface area is 117 Å². The summed E-state index contributed by atoms with van der Waals surface area (Å²) in [6.07, 6.45) is 2.92. The molecule has 0 aliphatic heterocycles. The summed E-state index contributed by atoms with van der Waals surface area (Å²) in [6, 6.07) is 8.96. The molecule has 1 heterocycles. The molecular weight excluding hydrogens is 252 g/mol. The third-order valence-corrected chi connectivity index (χ3v) is 3.05. The number of benzene rings is 1. The molecule has 104 valence electrons. The third kappa shape index (κ3) is 2.96. The predicted octanol–water partition coefficient (Wildman–Crippen LogP) is 2.92. The normalized spacial score (nSPS) is 11.2. The average Bonchev–Trinajstić information content (AvgIpc) is 2.38. The van der Waals surface area contributed by atoms with Gasteiger partial charge >= 0.3 is 0 Å². The van der Waals surface area contributed by atoms with Crippen LogP contribution >= 0.6 is 0 Å². The molecule has 0 fully saturated rings. The zero-order valence-electron chi connectivity index (χ0n) is 11.9. The fraction of sp³-hybridized carbons (Fsp3) is 0.250. The summed E-state index contributed by atoms with van der Waals surface area (Å²) in [5.74, 6) is -0.399. The summed E-state index contributed by atoms with van der Waals surface area (Å²) < 4.78 is 0. The lowest BCUT2D eigenvalue weighted by Crippen LogP contribution is -2.23. The van der Waals surface area contributed by atoms with Gasteiger partial charge in [-0.25, -0.2) is 0 Å². The maximum absolute atomic E-state index is 12.2. The summed E-state index contributed by atoms with van der Waals surface area (Å²) in [5.41, 5.74) is 1.48. The van der Waals surface area contributed by atoms with Gasteiger partial charge in [-0.2, -0.15) is 0 Å². The second-order valence-corrected chi connectivity index (χ2v) is 5.67. The lowest BCUT2D eigenvalue weighted by atomic mass is 9.86. The molecule has 1 aromatic carbocycles. The smallest absolute Gasteiger partial charge is 0.261 e. The summed E-state index contributed by atoms with van der Waals surface area (Å²) >= 11 is 0. The number of hydrogen-bond donors (Lipinski definition) is 2. The second kappa shape index (κ2) is 5.33. The number of carbonyl (C=O) groups excluding carboxylic acids is 1. The molecule has 2 N–H and O–H groups in total. The number of hydrogen-bond acceptors (Lipinski definition) is 2. The van der Waals surface area contributed by atoms with Crippen LogP contribution in [0.1, 0.15) is 36.7 Å². The molecule has 1 aromatic heterocycles. The van der Waals surface area contributed by atoms with Gasteiger partial charge in [0, 0.05) is 24.1 Å². The van der Waals surface area contributed by atoms with E-state index in [0.29, 0.717) is 0 Å². The molecular formula is C16H18N2O2. The third-order valence-electron chi connectivity index (χ3n) is 3.05. The number of aromatic amines is 1. The summed E-state index contributed by atoms with van der Waals surface area (Å²) in [6.45, 7) is 6.23. The van der Waals surface area contributed by atoms with E-state index in [4.69, 9.17) is 0 Å². The predicted molar refractivity (Wildman–Crippen MR) is 80.2 cm³/mol. The van der Waals surface area contributed by atoms with Crippen LogP contribution in [-0.2, 0) is 5.41 Å². The number of rotatable bonds is 2. The highest BCUT2D eigenvalue weighted by atomic mass is 16.2. The second-order valence-electron chi connectivity index (χ2n) is 5.67. The van der Waals surface area contributed by atoms with Crippen LogP contribution in [0.25, 0.3) is 0 Å². The first-order chi connectivity index (χ1) is 9.39. The fourth-order valence-corrected chi connectivity index (χ4v) is 2.03. The number of H-pyrrole nitrogens is 1. The minimum Gasteiger partial charge on any atom is -0.367 e. The lowest BCUT2D eigenvalue weighted by molar-refractivity contribution is 0.102. The minimum absolute atomic E-state index is 0.0903. The van der Waals surface area contributed by atoms with Gasteiger partial charge in [0.2, 0.25) is 0 Å². The minimum atomic E-state index is -0.399. The van der Waals surface area contributed by atoms with Crippen LogP contribution in [0, 0.1) is 0 Å². The van der Waals surface area contributed by atoms with Crippen molar-refractivity contribution in [3.8, 4) is 0 Å². The molecule has 0 saturated heterocycles. The summed E-state index contributed by atoms with van der Waals surface area (Å²) in [5, 5.41) is 2.82. The van der Waals surface area contributed by atoms with Crippen molar-refractivity contribution in [3.63, 3.8) is 0 Å². The van der Waals surface area contributed by atoms with Crippen LogP contribution in [0.5, 0.6) is 0 Å². The van der Waals surface area contributed by atoms with Gasteiger partial charge in [-0.3, -0.25) is 9.59 Å². The molecule has 0 atom stereocenters. The summed E-state index contributed by atoms with van der Waals surface area (Å²) in [7, 11) is 0. The van der Waals surface area contributed by atoms with Crippen LogP contribution in [0.15, 0.2) is 47.5 Å². The highest BCUT2D eigenvalue weighted by Gasteiger charge is 2.19. The van der Waals surface area contributed by atoms with Gasteiger partial charge in [-0.05, 0) is 17.0 Å². The van der Waals surface area contributed by atoms with Gasteiger partial charge in [0.05, 0.1) is 0 Å². The molecule has 0 aliphatic carbocycles. The van der Waals surface area contributed by atoms with Crippen LogP contribution < -0.4 is 10.7 Å². The Morgan fingerprint density at radius 2 is 1.85 bits per heavy atom. The van der Waals surface area contributed by atoms with E-state index in [1.54, 1.807) is 0 Å². The largest absolute Gasteiger partial charge is 0.367 e. The van der Waals surface area contributed by atoms with Crippen molar-refractivity contribution in [2.45, 2.75) is 26.2 Å². The quantitative estimate of drug-likeness (QED) is 0.881. The van der Waals surface area contributed by atoms with Crippen LogP contribution in [-0.4, -0.2) is 10.9 Å². The van der Waals surface area contributed by atoms with E-state index in [-0.39, 0.29) is 16.4 Å². The maximum atomic E-state index is 12.2. The topological polar surface area (TPSA) is 62.0 Å². The molecule has 0 bridgehead atoms. The standard InChI is InChI=1S/C16H18N2O2/c1-16(2,3)12-6-4-5-7-13(12)18-15(20)11-10-17-9-8-14(11)19/h4-10H,1-3H3,(H,17,19)(H,18,20). The van der Waals surface area contributed by atoms with Gasteiger partial charge in [0.1, 0.15) is 5.56 Å². The van der Waals surface area contributed by atoms with Gasteiger partial charge in [0.25, 0.3) is 5.91 Å². The van der Waals surface area contributed by atoms with Crippen molar-refractivity contribution < 1.29 is 4.79 Å². The highest BCUT2D eigenvalue weighted by Crippen LogP contribution is 2.29. The first kappa shape index (κ1) is 14.1. The Balaban J connectivity index is 2.34. The molecule has 20 heavy (non-hydrogen) atoms. The van der Waals surface area contributed by atoms with E-state index in [2.05, 4.69) is 31.1 Å². The molecule has 0 saturated carbocycles. The number of anilines is 1. The zero-order valence-corrected chi connectivity index (χ0v) is 11.9. The van der Waals surface area contributed by atoms with E-state index in [9.17, 15) is 9.59 Å². The molecule has 0 radical (unpaired) electrons. The van der Waals surface area contributed by atoms with E-state index < -0.39 is 5.91 Å². The Hall–Kier alpha value is -2.36. The van der Waals surface area contributed by atoms with E-state index in [1.165, 1.54) is 18.5 Å². The number of pyridine rings is 1. The van der Waals surface area contributed by atoms with Gasteiger partial charge in [-0.15, -0.1) is 0 Å². The van der Waals surface area contributed by atoms with Crippen LogP contribution in [0.4, 0.5) is 5.69 Å². The number of amides is 1. The Kier molecular flexibility index (Phi) is 3.74. The van der Waals surface area contributed by atoms with Crippen molar-refractivity contribution in [1.82, 2.24) is 4.98 Å². The van der Waals surface area contributed by atoms with E-state index >= 15 is 0 Å². The molecule has 0 aliphatic rings. The monoisotopic (exact) mass is 270 g/mol. The Morgan fingerprint density at radius 1 is 1.15 bits per heavy atom. The molecule has 0 unspecified atom stereocenters. The van der Waals surface area contributed by atoms with E-state index in [0.717, 1.165) is 11.3 Å².